The maximum absolute atomic E-state index is 12.4. The Morgan fingerprint density at radius 2 is 1.88 bits per heavy atom. The van der Waals surface area contributed by atoms with Crippen LogP contribution in [0.5, 0.6) is 0 Å². The molecular weight excluding hydrogens is 428 g/mol. The summed E-state index contributed by atoms with van der Waals surface area (Å²) in [6.45, 7) is 5.66. The smallest absolute Gasteiger partial charge is 0.343 e. The first kappa shape index (κ1) is 23.2. The largest absolute Gasteiger partial charge is 0.462 e. The van der Waals surface area contributed by atoms with Crippen molar-refractivity contribution in [3.05, 3.63) is 71.4 Å². The van der Waals surface area contributed by atoms with Crippen molar-refractivity contribution in [1.29, 1.82) is 0 Å². The molecule has 0 radical (unpaired) electrons. The van der Waals surface area contributed by atoms with E-state index >= 15 is 0 Å². The van der Waals surface area contributed by atoms with E-state index < -0.39 is 15.8 Å². The van der Waals surface area contributed by atoms with Gasteiger partial charge in [0.1, 0.15) is 11.4 Å². The number of anilines is 3. The minimum atomic E-state index is -3.31. The summed E-state index contributed by atoms with van der Waals surface area (Å²) in [5.74, 6) is 0.0734. The molecule has 9 heteroatoms. The summed E-state index contributed by atoms with van der Waals surface area (Å²) in [5, 5.41) is 6.33. The number of sulfone groups is 1. The predicted molar refractivity (Wildman–Crippen MR) is 124 cm³/mol. The third-order valence-electron chi connectivity index (χ3n) is 4.77. The third-order valence-corrected chi connectivity index (χ3v) is 6.02. The van der Waals surface area contributed by atoms with Crippen molar-refractivity contribution in [3.8, 4) is 0 Å². The van der Waals surface area contributed by atoms with Crippen LogP contribution in [-0.4, -0.2) is 37.2 Å². The van der Waals surface area contributed by atoms with Crippen LogP contribution in [0.25, 0.3) is 0 Å². The van der Waals surface area contributed by atoms with Gasteiger partial charge in [-0.3, -0.25) is 0 Å². The minimum absolute atomic E-state index is 0.122. The number of carbonyl (C=O) groups is 1. The van der Waals surface area contributed by atoms with Crippen molar-refractivity contribution in [2.24, 2.45) is 0 Å². The lowest BCUT2D eigenvalue weighted by atomic mass is 10.1. The molecule has 0 spiro atoms. The number of hydrogen-bond donors (Lipinski definition) is 2. The molecule has 0 saturated carbocycles. The van der Waals surface area contributed by atoms with Gasteiger partial charge in [-0.2, -0.15) is 4.98 Å². The number of rotatable bonds is 8. The highest BCUT2D eigenvalue weighted by Crippen LogP contribution is 2.25. The molecule has 0 saturated heterocycles. The first-order valence-electron chi connectivity index (χ1n) is 10.1. The quantitative estimate of drug-likeness (QED) is 0.485. The summed E-state index contributed by atoms with van der Waals surface area (Å²) >= 11 is 0. The number of nitrogens with zero attached hydrogens (tertiary/aromatic N) is 2. The van der Waals surface area contributed by atoms with E-state index in [9.17, 15) is 13.2 Å². The molecular formula is C23H26N4O4S. The van der Waals surface area contributed by atoms with Crippen molar-refractivity contribution in [1.82, 2.24) is 9.97 Å². The molecule has 3 rings (SSSR count). The van der Waals surface area contributed by atoms with Crippen LogP contribution in [0, 0.1) is 6.92 Å². The molecule has 3 aromatic rings. The molecule has 1 atom stereocenters. The third kappa shape index (κ3) is 5.61. The minimum Gasteiger partial charge on any atom is -0.462 e. The SMILES string of the molecule is CCOC(=O)c1cnc(Nc2ccc(S(C)(=O)=O)c(C)c2)nc1N[C@H](C)c1ccccc1. The van der Waals surface area contributed by atoms with Gasteiger partial charge in [0.25, 0.3) is 0 Å². The van der Waals surface area contributed by atoms with Crippen LogP contribution in [-0.2, 0) is 14.6 Å². The van der Waals surface area contributed by atoms with Gasteiger partial charge in [0, 0.05) is 24.2 Å². The first-order chi connectivity index (χ1) is 15.2. The average molecular weight is 455 g/mol. The Bertz CT molecular complexity index is 1210. The molecule has 0 amide bonds. The standard InChI is InChI=1S/C23H26N4O4S/c1-5-31-22(28)19-14-24-23(26-18-11-12-20(15(2)13-18)32(4,29)30)27-21(19)25-16(3)17-9-7-6-8-10-17/h6-14,16H,5H2,1-4H3,(H2,24,25,26,27)/t16-/m1/s1. The van der Waals surface area contributed by atoms with Gasteiger partial charge in [-0.25, -0.2) is 18.2 Å². The zero-order valence-electron chi connectivity index (χ0n) is 18.4. The Hall–Kier alpha value is -3.46. The first-order valence-corrected chi connectivity index (χ1v) is 12.0. The van der Waals surface area contributed by atoms with E-state index in [0.29, 0.717) is 17.1 Å². The van der Waals surface area contributed by atoms with Gasteiger partial charge in [0.05, 0.1) is 11.5 Å². The van der Waals surface area contributed by atoms with Crippen LogP contribution < -0.4 is 10.6 Å². The van der Waals surface area contributed by atoms with Crippen LogP contribution in [0.1, 0.15) is 41.4 Å². The highest BCUT2D eigenvalue weighted by atomic mass is 32.2. The number of benzene rings is 2. The number of hydrogen-bond acceptors (Lipinski definition) is 8. The van der Waals surface area contributed by atoms with E-state index in [4.69, 9.17) is 4.74 Å². The highest BCUT2D eigenvalue weighted by Gasteiger charge is 2.19. The summed E-state index contributed by atoms with van der Waals surface area (Å²) in [4.78, 5) is 21.4. The van der Waals surface area contributed by atoms with Crippen LogP contribution in [0.2, 0.25) is 0 Å². The van der Waals surface area contributed by atoms with E-state index in [2.05, 4.69) is 20.6 Å². The second kappa shape index (κ2) is 9.78. The number of nitrogens with one attached hydrogen (secondary N) is 2. The van der Waals surface area contributed by atoms with Gasteiger partial charge in [-0.05, 0) is 50.1 Å². The summed E-state index contributed by atoms with van der Waals surface area (Å²) in [5.41, 5.74) is 2.49. The summed E-state index contributed by atoms with van der Waals surface area (Å²) in [6.07, 6.45) is 2.58. The fourth-order valence-corrected chi connectivity index (χ4v) is 4.17. The Labute approximate surface area is 188 Å². The highest BCUT2D eigenvalue weighted by molar-refractivity contribution is 7.90. The summed E-state index contributed by atoms with van der Waals surface area (Å²) in [7, 11) is -3.31. The number of esters is 1. The Morgan fingerprint density at radius 3 is 2.50 bits per heavy atom. The predicted octanol–water partition coefficient (Wildman–Crippen LogP) is 4.28. The fourth-order valence-electron chi connectivity index (χ4n) is 3.21. The topological polar surface area (TPSA) is 110 Å². The molecule has 0 fully saturated rings. The maximum atomic E-state index is 12.4. The van der Waals surface area contributed by atoms with Crippen molar-refractivity contribution < 1.29 is 17.9 Å². The number of ether oxygens (including phenoxy) is 1. The number of carbonyl (C=O) groups excluding carboxylic acids is 1. The van der Waals surface area contributed by atoms with E-state index in [1.807, 2.05) is 37.3 Å². The summed E-state index contributed by atoms with van der Waals surface area (Å²) in [6, 6.07) is 14.5. The van der Waals surface area contributed by atoms with Gasteiger partial charge >= 0.3 is 5.97 Å². The van der Waals surface area contributed by atoms with Gasteiger partial charge in [0.15, 0.2) is 9.84 Å². The Morgan fingerprint density at radius 1 is 1.16 bits per heavy atom. The van der Waals surface area contributed by atoms with Crippen LogP contribution >= 0.6 is 0 Å². The van der Waals surface area contributed by atoms with Gasteiger partial charge in [0.2, 0.25) is 5.95 Å². The number of aromatic nitrogens is 2. The molecule has 32 heavy (non-hydrogen) atoms. The van der Waals surface area contributed by atoms with Crippen molar-refractivity contribution in [3.63, 3.8) is 0 Å². The van der Waals surface area contributed by atoms with Gasteiger partial charge in [-0.1, -0.05) is 30.3 Å². The zero-order valence-corrected chi connectivity index (χ0v) is 19.2. The molecule has 8 nitrogen and oxygen atoms in total. The van der Waals surface area contributed by atoms with E-state index in [1.165, 1.54) is 18.5 Å². The lowest BCUT2D eigenvalue weighted by Gasteiger charge is -2.18. The van der Waals surface area contributed by atoms with Gasteiger partial charge < -0.3 is 15.4 Å². The molecule has 0 bridgehead atoms. The Balaban J connectivity index is 1.91. The van der Waals surface area contributed by atoms with Crippen molar-refractivity contribution in [2.75, 3.05) is 23.5 Å². The summed E-state index contributed by atoms with van der Waals surface area (Å²) < 4.78 is 28.8. The van der Waals surface area contributed by atoms with E-state index in [-0.39, 0.29) is 29.1 Å². The van der Waals surface area contributed by atoms with Crippen LogP contribution in [0.4, 0.5) is 17.5 Å². The second-order valence-corrected chi connectivity index (χ2v) is 9.31. The molecule has 168 valence electrons. The molecule has 1 aromatic heterocycles. The molecule has 0 aliphatic carbocycles. The Kier molecular flexibility index (Phi) is 7.09. The number of aryl methyl sites for hydroxylation is 1. The van der Waals surface area contributed by atoms with Gasteiger partial charge in [-0.15, -0.1) is 0 Å². The van der Waals surface area contributed by atoms with Crippen molar-refractivity contribution >= 4 is 33.3 Å². The average Bonchev–Trinajstić information content (AvgIpc) is 2.74. The molecule has 2 N–H and O–H groups in total. The molecule has 0 aliphatic rings. The van der Waals surface area contributed by atoms with Crippen LogP contribution in [0.3, 0.4) is 0 Å². The molecule has 0 aliphatic heterocycles. The van der Waals surface area contributed by atoms with E-state index in [1.54, 1.807) is 26.0 Å². The lowest BCUT2D eigenvalue weighted by molar-refractivity contribution is 0.0526. The lowest BCUT2D eigenvalue weighted by Crippen LogP contribution is -2.15. The maximum Gasteiger partial charge on any atom is 0.343 e. The fraction of sp³-hybridized carbons (Fsp3) is 0.261. The monoisotopic (exact) mass is 454 g/mol. The zero-order chi connectivity index (χ0) is 23.3. The normalized spacial score (nSPS) is 12.1. The molecule has 2 aromatic carbocycles. The van der Waals surface area contributed by atoms with Crippen LogP contribution in [0.15, 0.2) is 59.6 Å². The van der Waals surface area contributed by atoms with E-state index in [0.717, 1.165) is 5.56 Å². The van der Waals surface area contributed by atoms with Crippen molar-refractivity contribution in [2.45, 2.75) is 31.7 Å². The second-order valence-electron chi connectivity index (χ2n) is 7.33. The molecule has 1 heterocycles. The molecule has 0 unspecified atom stereocenters.